The van der Waals surface area contributed by atoms with Crippen molar-refractivity contribution in [2.45, 2.75) is 12.8 Å². The van der Waals surface area contributed by atoms with Crippen molar-refractivity contribution in [3.8, 4) is 11.6 Å². The van der Waals surface area contributed by atoms with Crippen molar-refractivity contribution in [1.82, 2.24) is 4.98 Å². The SMILES string of the molecule is O=C(CCCOc1ccc(Cl)cc1Cl)N=Nc1c(O)[nH]c2c(Cl)cc(Cl)cc12. The second-order valence-corrected chi connectivity index (χ2v) is 7.44. The van der Waals surface area contributed by atoms with Gasteiger partial charge in [0, 0.05) is 21.9 Å². The monoisotopic (exact) mass is 459 g/mol. The van der Waals surface area contributed by atoms with Gasteiger partial charge in [-0.15, -0.1) is 10.2 Å². The molecule has 1 heterocycles. The van der Waals surface area contributed by atoms with Crippen molar-refractivity contribution >= 4 is 68.9 Å². The van der Waals surface area contributed by atoms with Crippen LogP contribution in [0, 0.1) is 0 Å². The van der Waals surface area contributed by atoms with Gasteiger partial charge in [-0.25, -0.2) is 0 Å². The zero-order valence-corrected chi connectivity index (χ0v) is 17.2. The summed E-state index contributed by atoms with van der Waals surface area (Å²) in [6, 6.07) is 7.99. The van der Waals surface area contributed by atoms with Crippen molar-refractivity contribution in [2.75, 3.05) is 6.61 Å². The second-order valence-electron chi connectivity index (χ2n) is 5.75. The van der Waals surface area contributed by atoms with Crippen molar-refractivity contribution in [1.29, 1.82) is 0 Å². The molecule has 0 aliphatic heterocycles. The van der Waals surface area contributed by atoms with E-state index in [0.717, 1.165) is 0 Å². The maximum atomic E-state index is 11.9. The van der Waals surface area contributed by atoms with Crippen LogP contribution in [0.2, 0.25) is 20.1 Å². The smallest absolute Gasteiger partial charge is 0.264 e. The standard InChI is InChI=1S/C18H13Cl4N3O3/c19-9-3-4-14(12(21)7-9)28-5-1-2-15(26)24-25-17-11-6-10(20)8-13(22)16(11)23-18(17)27/h3-4,6-8,23,27H,1-2,5H2. The lowest BCUT2D eigenvalue weighted by Gasteiger charge is -2.07. The van der Waals surface area contributed by atoms with Crippen molar-refractivity contribution in [3.05, 3.63) is 50.4 Å². The molecular formula is C18H13Cl4N3O3. The maximum absolute atomic E-state index is 11.9. The predicted octanol–water partition coefficient (Wildman–Crippen LogP) is 6.96. The number of aromatic nitrogens is 1. The molecule has 146 valence electrons. The number of aromatic amines is 1. The molecule has 0 saturated carbocycles. The third-order valence-electron chi connectivity index (χ3n) is 3.73. The van der Waals surface area contributed by atoms with Crippen molar-refractivity contribution < 1.29 is 14.6 Å². The molecule has 1 aromatic heterocycles. The number of rotatable bonds is 6. The Kier molecular flexibility index (Phi) is 6.67. The van der Waals surface area contributed by atoms with Gasteiger partial charge in [0.25, 0.3) is 5.91 Å². The van der Waals surface area contributed by atoms with Gasteiger partial charge in [0.15, 0.2) is 5.69 Å². The van der Waals surface area contributed by atoms with Gasteiger partial charge in [-0.2, -0.15) is 0 Å². The number of carbonyl (C=O) groups excluding carboxylic acids is 1. The predicted molar refractivity (Wildman–Crippen MR) is 111 cm³/mol. The van der Waals surface area contributed by atoms with Gasteiger partial charge in [0.2, 0.25) is 5.88 Å². The highest BCUT2D eigenvalue weighted by atomic mass is 35.5. The Hall–Kier alpha value is -1.99. The van der Waals surface area contributed by atoms with Crippen LogP contribution < -0.4 is 4.74 Å². The van der Waals surface area contributed by atoms with Gasteiger partial charge in [-0.05, 0) is 36.8 Å². The van der Waals surface area contributed by atoms with E-state index in [-0.39, 0.29) is 24.6 Å². The molecule has 0 unspecified atom stereocenters. The van der Waals surface area contributed by atoms with Crippen LogP contribution in [0.15, 0.2) is 40.6 Å². The average Bonchev–Trinajstić information content (AvgIpc) is 2.94. The lowest BCUT2D eigenvalue weighted by atomic mass is 10.2. The van der Waals surface area contributed by atoms with Crippen LogP contribution in [-0.2, 0) is 4.79 Å². The summed E-state index contributed by atoms with van der Waals surface area (Å²) in [6.45, 7) is 0.270. The van der Waals surface area contributed by atoms with Crippen LogP contribution in [0.3, 0.4) is 0 Å². The largest absolute Gasteiger partial charge is 0.493 e. The van der Waals surface area contributed by atoms with E-state index in [0.29, 0.717) is 43.2 Å². The first-order valence-electron chi connectivity index (χ1n) is 8.07. The van der Waals surface area contributed by atoms with E-state index >= 15 is 0 Å². The zero-order chi connectivity index (χ0) is 20.3. The van der Waals surface area contributed by atoms with Gasteiger partial charge < -0.3 is 14.8 Å². The summed E-state index contributed by atoms with van der Waals surface area (Å²) in [4.78, 5) is 14.6. The molecule has 0 radical (unpaired) electrons. The van der Waals surface area contributed by atoms with Gasteiger partial charge in [-0.3, -0.25) is 4.79 Å². The summed E-state index contributed by atoms with van der Waals surface area (Å²) in [5.41, 5.74) is 0.551. The first-order valence-corrected chi connectivity index (χ1v) is 9.58. The lowest BCUT2D eigenvalue weighted by molar-refractivity contribution is -0.118. The Bertz CT molecular complexity index is 1070. The highest BCUT2D eigenvalue weighted by molar-refractivity contribution is 6.39. The lowest BCUT2D eigenvalue weighted by Crippen LogP contribution is -2.01. The Morgan fingerprint density at radius 2 is 1.82 bits per heavy atom. The van der Waals surface area contributed by atoms with Crippen LogP contribution in [0.25, 0.3) is 10.9 Å². The number of fused-ring (bicyclic) bond motifs is 1. The number of hydrogen-bond donors (Lipinski definition) is 2. The molecule has 28 heavy (non-hydrogen) atoms. The number of amides is 1. The molecule has 2 aromatic carbocycles. The molecule has 3 rings (SSSR count). The molecule has 0 aliphatic rings. The van der Waals surface area contributed by atoms with E-state index < -0.39 is 5.91 Å². The molecule has 2 N–H and O–H groups in total. The molecule has 1 amide bonds. The van der Waals surface area contributed by atoms with Gasteiger partial charge in [0.05, 0.1) is 22.2 Å². The molecule has 3 aromatic rings. The van der Waals surface area contributed by atoms with E-state index in [1.54, 1.807) is 24.3 Å². The molecule has 0 spiro atoms. The Morgan fingerprint density at radius 3 is 2.57 bits per heavy atom. The molecule has 0 fully saturated rings. The average molecular weight is 461 g/mol. The van der Waals surface area contributed by atoms with Crippen LogP contribution >= 0.6 is 46.4 Å². The molecule has 10 heteroatoms. The number of nitrogens with one attached hydrogen (secondary N) is 1. The van der Waals surface area contributed by atoms with Gasteiger partial charge in [-0.1, -0.05) is 46.4 Å². The molecular weight excluding hydrogens is 448 g/mol. The number of halogens is 4. The van der Waals surface area contributed by atoms with Crippen LogP contribution in [0.1, 0.15) is 12.8 Å². The molecule has 6 nitrogen and oxygen atoms in total. The van der Waals surface area contributed by atoms with Crippen LogP contribution in [-0.4, -0.2) is 22.6 Å². The normalized spacial score (nSPS) is 11.4. The maximum Gasteiger partial charge on any atom is 0.264 e. The number of nitrogens with zero attached hydrogens (tertiary/aromatic N) is 2. The molecule has 0 atom stereocenters. The fourth-order valence-corrected chi connectivity index (χ4v) is 3.45. The van der Waals surface area contributed by atoms with Crippen molar-refractivity contribution in [2.24, 2.45) is 10.2 Å². The highest BCUT2D eigenvalue weighted by Crippen LogP contribution is 2.40. The molecule has 0 bridgehead atoms. The van der Waals surface area contributed by atoms with Crippen LogP contribution in [0.5, 0.6) is 11.6 Å². The van der Waals surface area contributed by atoms with Crippen molar-refractivity contribution in [3.63, 3.8) is 0 Å². The quantitative estimate of drug-likeness (QED) is 0.308. The summed E-state index contributed by atoms with van der Waals surface area (Å²) in [7, 11) is 0. The highest BCUT2D eigenvalue weighted by Gasteiger charge is 2.14. The number of H-pyrrole nitrogens is 1. The summed E-state index contributed by atoms with van der Waals surface area (Å²) in [5.74, 6) is -0.235. The minimum absolute atomic E-state index is 0.0944. The third-order valence-corrected chi connectivity index (χ3v) is 4.77. The summed E-state index contributed by atoms with van der Waals surface area (Å²) >= 11 is 23.9. The topological polar surface area (TPSA) is 87.0 Å². The zero-order valence-electron chi connectivity index (χ0n) is 14.2. The Morgan fingerprint density at radius 1 is 1.07 bits per heavy atom. The first-order chi connectivity index (χ1) is 13.3. The second kappa shape index (κ2) is 9.01. The third kappa shape index (κ3) is 4.89. The van der Waals surface area contributed by atoms with E-state index in [1.807, 2.05) is 0 Å². The minimum Gasteiger partial charge on any atom is -0.493 e. The van der Waals surface area contributed by atoms with E-state index in [2.05, 4.69) is 15.2 Å². The number of aromatic hydroxyl groups is 1. The Balaban J connectivity index is 1.58. The fraction of sp³-hybridized carbons (Fsp3) is 0.167. The minimum atomic E-state index is -0.465. The Labute approximate surface area is 180 Å². The number of benzene rings is 2. The first kappa shape index (κ1) is 20.7. The van der Waals surface area contributed by atoms with Gasteiger partial charge >= 0.3 is 0 Å². The number of ether oxygens (including phenoxy) is 1. The van der Waals surface area contributed by atoms with E-state index in [1.165, 1.54) is 6.07 Å². The molecule has 0 aliphatic carbocycles. The van der Waals surface area contributed by atoms with E-state index in [4.69, 9.17) is 51.1 Å². The number of carbonyl (C=O) groups is 1. The summed E-state index contributed by atoms with van der Waals surface area (Å²) < 4.78 is 5.51. The fourth-order valence-electron chi connectivity index (χ4n) is 2.45. The molecule has 0 saturated heterocycles. The summed E-state index contributed by atoms with van der Waals surface area (Å²) in [6.07, 6.45) is 0.521. The number of azo groups is 1. The van der Waals surface area contributed by atoms with E-state index in [9.17, 15) is 9.90 Å². The number of hydrogen-bond acceptors (Lipinski definition) is 4. The van der Waals surface area contributed by atoms with Crippen LogP contribution in [0.4, 0.5) is 5.69 Å². The van der Waals surface area contributed by atoms with Gasteiger partial charge in [0.1, 0.15) is 5.75 Å². The summed E-state index contributed by atoms with van der Waals surface area (Å²) in [5, 5.41) is 19.5.